The van der Waals surface area contributed by atoms with Crippen LogP contribution in [-0.2, 0) is 6.54 Å². The highest BCUT2D eigenvalue weighted by molar-refractivity contribution is 5.84. The zero-order valence-electron chi connectivity index (χ0n) is 11.8. The normalized spacial score (nSPS) is 11.2. The van der Waals surface area contributed by atoms with E-state index in [0.717, 1.165) is 17.4 Å². The molecule has 0 unspecified atom stereocenters. The van der Waals surface area contributed by atoms with E-state index in [1.807, 2.05) is 48.9 Å². The van der Waals surface area contributed by atoms with Crippen LogP contribution < -0.4 is 4.74 Å². The fraction of sp³-hybridized carbons (Fsp3) is 0.235. The van der Waals surface area contributed by atoms with Crippen LogP contribution in [0.2, 0.25) is 0 Å². The molecule has 0 atom stereocenters. The van der Waals surface area contributed by atoms with Gasteiger partial charge in [-0.05, 0) is 31.5 Å². The van der Waals surface area contributed by atoms with Gasteiger partial charge < -0.3 is 4.74 Å². The maximum atomic E-state index is 5.81. The predicted molar refractivity (Wildman–Crippen MR) is 81.0 cm³/mol. The minimum Gasteiger partial charge on any atom is -0.473 e. The predicted octanol–water partition coefficient (Wildman–Crippen LogP) is 3.87. The van der Waals surface area contributed by atoms with Gasteiger partial charge in [-0.15, -0.1) is 5.10 Å². The summed E-state index contributed by atoms with van der Waals surface area (Å²) in [5, 5.41) is 5.69. The highest BCUT2D eigenvalue weighted by Gasteiger charge is 2.12. The molecule has 20 heavy (non-hydrogen) atoms. The Bertz CT molecular complexity index is 701. The number of benzene rings is 2. The van der Waals surface area contributed by atoms with Crippen molar-refractivity contribution in [1.29, 1.82) is 0 Å². The molecular weight excluding hydrogens is 248 g/mol. The van der Waals surface area contributed by atoms with Crippen molar-refractivity contribution < 1.29 is 4.74 Å². The van der Waals surface area contributed by atoms with Crippen LogP contribution in [0.5, 0.6) is 5.88 Å². The molecule has 3 aromatic rings. The lowest BCUT2D eigenvalue weighted by Gasteiger charge is -2.06. The summed E-state index contributed by atoms with van der Waals surface area (Å²) >= 11 is 0. The fourth-order valence-corrected chi connectivity index (χ4v) is 2.28. The summed E-state index contributed by atoms with van der Waals surface area (Å²) in [5.41, 5.74) is 2.34. The molecule has 0 aliphatic rings. The third-order valence-corrected chi connectivity index (χ3v) is 3.15. The van der Waals surface area contributed by atoms with E-state index in [-0.39, 0.29) is 6.10 Å². The van der Waals surface area contributed by atoms with Crippen molar-refractivity contribution in [3.8, 4) is 5.88 Å². The molecule has 3 heteroatoms. The summed E-state index contributed by atoms with van der Waals surface area (Å²) in [6, 6.07) is 18.5. The van der Waals surface area contributed by atoms with E-state index in [4.69, 9.17) is 4.74 Å². The molecule has 3 rings (SSSR count). The van der Waals surface area contributed by atoms with E-state index in [2.05, 4.69) is 29.4 Å². The Morgan fingerprint density at radius 1 is 1.00 bits per heavy atom. The third kappa shape index (κ3) is 2.52. The van der Waals surface area contributed by atoms with Crippen molar-refractivity contribution in [3.05, 3.63) is 60.2 Å². The van der Waals surface area contributed by atoms with Crippen molar-refractivity contribution >= 4 is 10.9 Å². The van der Waals surface area contributed by atoms with Gasteiger partial charge in [0, 0.05) is 0 Å². The first-order valence-electron chi connectivity index (χ1n) is 6.90. The molecule has 0 fully saturated rings. The molecule has 1 heterocycles. The average Bonchev–Trinajstić information content (AvgIpc) is 2.78. The average molecular weight is 266 g/mol. The minimum atomic E-state index is 0.124. The number of hydrogen-bond acceptors (Lipinski definition) is 2. The molecule has 0 amide bonds. The van der Waals surface area contributed by atoms with Crippen LogP contribution in [0.25, 0.3) is 10.9 Å². The van der Waals surface area contributed by atoms with Crippen LogP contribution in [0.3, 0.4) is 0 Å². The smallest absolute Gasteiger partial charge is 0.241 e. The molecule has 3 nitrogen and oxygen atoms in total. The van der Waals surface area contributed by atoms with Crippen molar-refractivity contribution in [2.45, 2.75) is 26.5 Å². The minimum absolute atomic E-state index is 0.124. The van der Waals surface area contributed by atoms with E-state index in [1.54, 1.807) is 0 Å². The van der Waals surface area contributed by atoms with Crippen molar-refractivity contribution in [2.75, 3.05) is 0 Å². The molecule has 0 aliphatic carbocycles. The fourth-order valence-electron chi connectivity index (χ4n) is 2.28. The van der Waals surface area contributed by atoms with Gasteiger partial charge >= 0.3 is 0 Å². The molecule has 0 saturated heterocycles. The first-order valence-corrected chi connectivity index (χ1v) is 6.90. The van der Waals surface area contributed by atoms with E-state index >= 15 is 0 Å². The topological polar surface area (TPSA) is 27.1 Å². The Hall–Kier alpha value is -2.29. The zero-order valence-corrected chi connectivity index (χ0v) is 11.8. The molecule has 1 aromatic heterocycles. The van der Waals surface area contributed by atoms with E-state index < -0.39 is 0 Å². The summed E-state index contributed by atoms with van der Waals surface area (Å²) in [5.74, 6) is 0.714. The molecule has 2 aromatic carbocycles. The number of nitrogens with zero attached hydrogens (tertiary/aromatic N) is 2. The van der Waals surface area contributed by atoms with Gasteiger partial charge in [0.05, 0.1) is 23.6 Å². The van der Waals surface area contributed by atoms with Crippen LogP contribution in [0.15, 0.2) is 54.6 Å². The van der Waals surface area contributed by atoms with Gasteiger partial charge in [-0.2, -0.15) is 0 Å². The van der Waals surface area contributed by atoms with Gasteiger partial charge in [0.25, 0.3) is 0 Å². The standard InChI is InChI=1S/C17H18N2O/c1-13(2)20-17-15-10-6-7-11-16(15)19(18-17)12-14-8-4-3-5-9-14/h3-11,13H,12H2,1-2H3. The highest BCUT2D eigenvalue weighted by Crippen LogP contribution is 2.26. The van der Waals surface area contributed by atoms with Crippen LogP contribution in [-0.4, -0.2) is 15.9 Å². The van der Waals surface area contributed by atoms with Gasteiger partial charge in [-0.3, -0.25) is 4.68 Å². The maximum Gasteiger partial charge on any atom is 0.241 e. The number of hydrogen-bond donors (Lipinski definition) is 0. The highest BCUT2D eigenvalue weighted by atomic mass is 16.5. The lowest BCUT2D eigenvalue weighted by atomic mass is 10.2. The maximum absolute atomic E-state index is 5.81. The Kier molecular flexibility index (Phi) is 3.42. The second-order valence-corrected chi connectivity index (χ2v) is 5.13. The van der Waals surface area contributed by atoms with Crippen molar-refractivity contribution in [3.63, 3.8) is 0 Å². The summed E-state index contributed by atoms with van der Waals surface area (Å²) in [6.45, 7) is 4.79. The van der Waals surface area contributed by atoms with Crippen LogP contribution in [0, 0.1) is 0 Å². The first kappa shape index (κ1) is 12.7. The molecule has 0 saturated carbocycles. The van der Waals surface area contributed by atoms with Crippen LogP contribution >= 0.6 is 0 Å². The Morgan fingerprint density at radius 2 is 1.70 bits per heavy atom. The lowest BCUT2D eigenvalue weighted by Crippen LogP contribution is -2.07. The quantitative estimate of drug-likeness (QED) is 0.716. The zero-order chi connectivity index (χ0) is 13.9. The third-order valence-electron chi connectivity index (χ3n) is 3.15. The summed E-state index contributed by atoms with van der Waals surface area (Å²) in [6.07, 6.45) is 0.124. The first-order chi connectivity index (χ1) is 9.74. The summed E-state index contributed by atoms with van der Waals surface area (Å²) in [4.78, 5) is 0. The van der Waals surface area contributed by atoms with E-state index in [0.29, 0.717) is 5.88 Å². The SMILES string of the molecule is CC(C)Oc1nn(Cc2ccccc2)c2ccccc12. The van der Waals surface area contributed by atoms with Gasteiger partial charge in [0.2, 0.25) is 5.88 Å². The Labute approximate surface area is 118 Å². The molecule has 0 spiro atoms. The lowest BCUT2D eigenvalue weighted by molar-refractivity contribution is 0.233. The number of rotatable bonds is 4. The Morgan fingerprint density at radius 3 is 2.45 bits per heavy atom. The molecule has 0 bridgehead atoms. The van der Waals surface area contributed by atoms with Crippen molar-refractivity contribution in [1.82, 2.24) is 9.78 Å². The molecule has 0 N–H and O–H groups in total. The van der Waals surface area contributed by atoms with Gasteiger partial charge in [-0.1, -0.05) is 42.5 Å². The second-order valence-electron chi connectivity index (χ2n) is 5.13. The molecule has 0 aliphatic heterocycles. The Balaban J connectivity index is 2.02. The van der Waals surface area contributed by atoms with Crippen LogP contribution in [0.4, 0.5) is 0 Å². The van der Waals surface area contributed by atoms with Gasteiger partial charge in [0.1, 0.15) is 0 Å². The van der Waals surface area contributed by atoms with E-state index in [9.17, 15) is 0 Å². The van der Waals surface area contributed by atoms with E-state index in [1.165, 1.54) is 5.56 Å². The monoisotopic (exact) mass is 266 g/mol. The van der Waals surface area contributed by atoms with Crippen molar-refractivity contribution in [2.24, 2.45) is 0 Å². The number of ether oxygens (including phenoxy) is 1. The molecular formula is C17H18N2O. The largest absolute Gasteiger partial charge is 0.473 e. The summed E-state index contributed by atoms with van der Waals surface area (Å²) < 4.78 is 7.82. The van der Waals surface area contributed by atoms with Gasteiger partial charge in [0.15, 0.2) is 0 Å². The summed E-state index contributed by atoms with van der Waals surface area (Å²) in [7, 11) is 0. The molecule has 0 radical (unpaired) electrons. The van der Waals surface area contributed by atoms with Crippen LogP contribution in [0.1, 0.15) is 19.4 Å². The number of fused-ring (bicyclic) bond motifs is 1. The number of aromatic nitrogens is 2. The second kappa shape index (κ2) is 5.37. The molecule has 102 valence electrons. The number of para-hydroxylation sites is 1. The van der Waals surface area contributed by atoms with Gasteiger partial charge in [-0.25, -0.2) is 0 Å².